The van der Waals surface area contributed by atoms with E-state index in [1.807, 2.05) is 26.0 Å². The molecular formula is C21H21Cl2N3O3S. The summed E-state index contributed by atoms with van der Waals surface area (Å²) in [5.41, 5.74) is 3.79. The number of sulfonamides is 1. The zero-order valence-electron chi connectivity index (χ0n) is 16.6. The van der Waals surface area contributed by atoms with Gasteiger partial charge in [-0.3, -0.25) is 4.79 Å². The van der Waals surface area contributed by atoms with Gasteiger partial charge in [-0.2, -0.15) is 4.31 Å². The number of H-pyrrole nitrogens is 1. The monoisotopic (exact) mass is 465 g/mol. The highest BCUT2D eigenvalue weighted by molar-refractivity contribution is 7.89. The van der Waals surface area contributed by atoms with Crippen LogP contribution in [0.1, 0.15) is 21.6 Å². The van der Waals surface area contributed by atoms with E-state index in [0.717, 1.165) is 22.2 Å². The van der Waals surface area contributed by atoms with Gasteiger partial charge in [-0.05, 0) is 49.7 Å². The van der Waals surface area contributed by atoms with Gasteiger partial charge >= 0.3 is 0 Å². The van der Waals surface area contributed by atoms with Crippen LogP contribution in [-0.2, 0) is 10.0 Å². The number of halogens is 2. The van der Waals surface area contributed by atoms with Gasteiger partial charge in [-0.25, -0.2) is 8.42 Å². The number of piperazine rings is 1. The lowest BCUT2D eigenvalue weighted by Gasteiger charge is -2.34. The minimum Gasteiger partial charge on any atom is -0.358 e. The Morgan fingerprint density at radius 3 is 2.43 bits per heavy atom. The Morgan fingerprint density at radius 2 is 1.73 bits per heavy atom. The summed E-state index contributed by atoms with van der Waals surface area (Å²) in [4.78, 5) is 18.0. The number of rotatable bonds is 3. The molecule has 30 heavy (non-hydrogen) atoms. The molecule has 1 N–H and O–H groups in total. The fourth-order valence-corrected chi connectivity index (χ4v) is 5.89. The lowest BCUT2D eigenvalue weighted by atomic mass is 10.1. The summed E-state index contributed by atoms with van der Waals surface area (Å²) < 4.78 is 27.3. The van der Waals surface area contributed by atoms with Crippen LogP contribution in [0.15, 0.2) is 41.3 Å². The van der Waals surface area contributed by atoms with Crippen molar-refractivity contribution in [2.45, 2.75) is 18.7 Å². The Labute approximate surface area is 185 Å². The molecule has 1 saturated heterocycles. The number of carbonyl (C=O) groups is 1. The van der Waals surface area contributed by atoms with Crippen molar-refractivity contribution in [3.05, 3.63) is 63.3 Å². The highest BCUT2D eigenvalue weighted by Crippen LogP contribution is 2.31. The fraction of sp³-hybridized carbons (Fsp3) is 0.286. The maximum Gasteiger partial charge on any atom is 0.253 e. The Morgan fingerprint density at radius 1 is 1.03 bits per heavy atom. The third-order valence-corrected chi connectivity index (χ3v) is 8.49. The molecule has 3 aromatic rings. The summed E-state index contributed by atoms with van der Waals surface area (Å²) in [5.74, 6) is -0.104. The van der Waals surface area contributed by atoms with E-state index in [0.29, 0.717) is 18.7 Å². The standard InChI is InChI=1S/C21H21Cl2N3O3S/c1-13-14(2)24-18-7-6-15(12-16(13)18)21(27)25-8-10-26(11-9-25)30(28,29)19-5-3-4-17(22)20(19)23/h3-7,12,24H,8-11H2,1-2H3. The topological polar surface area (TPSA) is 73.5 Å². The molecule has 0 radical (unpaired) electrons. The van der Waals surface area contributed by atoms with Crippen LogP contribution < -0.4 is 0 Å². The third-order valence-electron chi connectivity index (χ3n) is 5.62. The van der Waals surface area contributed by atoms with Gasteiger partial charge in [0, 0.05) is 48.3 Å². The van der Waals surface area contributed by atoms with Crippen LogP contribution in [0.25, 0.3) is 10.9 Å². The molecule has 1 aromatic heterocycles. The molecule has 158 valence electrons. The summed E-state index contributed by atoms with van der Waals surface area (Å²) in [6, 6.07) is 10.1. The van der Waals surface area contributed by atoms with Crippen molar-refractivity contribution in [3.8, 4) is 0 Å². The molecule has 9 heteroatoms. The quantitative estimate of drug-likeness (QED) is 0.628. The Bertz CT molecular complexity index is 1250. The number of nitrogens with zero attached hydrogens (tertiary/aromatic N) is 2. The summed E-state index contributed by atoms with van der Waals surface area (Å²) >= 11 is 12.1. The number of aromatic nitrogens is 1. The van der Waals surface area contributed by atoms with Crippen LogP contribution >= 0.6 is 23.2 Å². The second-order valence-corrected chi connectivity index (χ2v) is 10.1. The van der Waals surface area contributed by atoms with Gasteiger partial charge in [0.05, 0.1) is 10.0 Å². The normalized spacial score (nSPS) is 15.7. The summed E-state index contributed by atoms with van der Waals surface area (Å²) in [6.45, 7) is 5.03. The number of aromatic amines is 1. The molecule has 2 heterocycles. The maximum absolute atomic E-state index is 13.0. The van der Waals surface area contributed by atoms with Crippen LogP contribution in [0, 0.1) is 13.8 Å². The molecule has 1 aliphatic heterocycles. The van der Waals surface area contributed by atoms with E-state index in [9.17, 15) is 13.2 Å². The minimum absolute atomic E-state index is 0.0137. The molecule has 0 spiro atoms. The van der Waals surface area contributed by atoms with Gasteiger partial charge < -0.3 is 9.88 Å². The van der Waals surface area contributed by atoms with Crippen molar-refractivity contribution in [1.29, 1.82) is 0 Å². The van der Waals surface area contributed by atoms with Gasteiger partial charge in [0.15, 0.2) is 0 Å². The number of aryl methyl sites for hydroxylation is 2. The molecule has 0 aliphatic carbocycles. The average molecular weight is 466 g/mol. The molecular weight excluding hydrogens is 445 g/mol. The lowest BCUT2D eigenvalue weighted by molar-refractivity contribution is 0.0698. The first-order chi connectivity index (χ1) is 14.2. The van der Waals surface area contributed by atoms with Crippen molar-refractivity contribution in [2.24, 2.45) is 0 Å². The van der Waals surface area contributed by atoms with Crippen molar-refractivity contribution in [3.63, 3.8) is 0 Å². The average Bonchev–Trinajstić information content (AvgIpc) is 3.02. The van der Waals surface area contributed by atoms with E-state index in [1.165, 1.54) is 10.4 Å². The second-order valence-electron chi connectivity index (χ2n) is 7.38. The first kappa shape index (κ1) is 21.2. The molecule has 0 bridgehead atoms. The van der Waals surface area contributed by atoms with E-state index in [-0.39, 0.29) is 33.9 Å². The molecule has 6 nitrogen and oxygen atoms in total. The Kier molecular flexibility index (Phi) is 5.57. The largest absolute Gasteiger partial charge is 0.358 e. The highest BCUT2D eigenvalue weighted by Gasteiger charge is 2.32. The number of fused-ring (bicyclic) bond motifs is 1. The highest BCUT2D eigenvalue weighted by atomic mass is 35.5. The number of amides is 1. The zero-order chi connectivity index (χ0) is 21.6. The van der Waals surface area contributed by atoms with E-state index in [1.54, 1.807) is 23.1 Å². The smallest absolute Gasteiger partial charge is 0.253 e. The number of hydrogen-bond donors (Lipinski definition) is 1. The SMILES string of the molecule is Cc1[nH]c2ccc(C(=O)N3CCN(S(=O)(=O)c4cccc(Cl)c4Cl)CC3)cc2c1C. The summed E-state index contributed by atoms with van der Waals surface area (Å²) in [5, 5.41) is 1.23. The second kappa shape index (κ2) is 7.89. The predicted molar refractivity (Wildman–Crippen MR) is 119 cm³/mol. The zero-order valence-corrected chi connectivity index (χ0v) is 18.9. The van der Waals surface area contributed by atoms with Crippen LogP contribution in [0.5, 0.6) is 0 Å². The minimum atomic E-state index is -3.79. The van der Waals surface area contributed by atoms with Gasteiger partial charge in [0.1, 0.15) is 4.90 Å². The van der Waals surface area contributed by atoms with Crippen molar-refractivity contribution < 1.29 is 13.2 Å². The summed E-state index contributed by atoms with van der Waals surface area (Å²) in [6.07, 6.45) is 0. The molecule has 4 rings (SSSR count). The fourth-order valence-electron chi connectivity index (χ4n) is 3.73. The van der Waals surface area contributed by atoms with E-state index in [2.05, 4.69) is 4.98 Å². The van der Waals surface area contributed by atoms with Gasteiger partial charge in [-0.1, -0.05) is 29.3 Å². The van der Waals surface area contributed by atoms with Crippen LogP contribution in [0.2, 0.25) is 10.0 Å². The van der Waals surface area contributed by atoms with Crippen molar-refractivity contribution in [2.75, 3.05) is 26.2 Å². The molecule has 1 amide bonds. The van der Waals surface area contributed by atoms with Crippen molar-refractivity contribution in [1.82, 2.24) is 14.2 Å². The Hall–Kier alpha value is -2.06. The number of carbonyl (C=O) groups excluding carboxylic acids is 1. The number of hydrogen-bond acceptors (Lipinski definition) is 3. The molecule has 0 unspecified atom stereocenters. The van der Waals surface area contributed by atoms with Crippen molar-refractivity contribution >= 4 is 50.0 Å². The molecule has 0 atom stereocenters. The predicted octanol–water partition coefficient (Wildman–Crippen LogP) is 4.24. The van der Waals surface area contributed by atoms with Crippen LogP contribution in [0.4, 0.5) is 0 Å². The van der Waals surface area contributed by atoms with E-state index < -0.39 is 10.0 Å². The number of nitrogens with one attached hydrogen (secondary N) is 1. The first-order valence-corrected chi connectivity index (χ1v) is 11.7. The molecule has 0 saturated carbocycles. The Balaban J connectivity index is 1.51. The van der Waals surface area contributed by atoms with Crippen LogP contribution in [0.3, 0.4) is 0 Å². The molecule has 1 aliphatic rings. The summed E-state index contributed by atoms with van der Waals surface area (Å²) in [7, 11) is -3.79. The van der Waals surface area contributed by atoms with Gasteiger partial charge in [0.2, 0.25) is 10.0 Å². The lowest BCUT2D eigenvalue weighted by Crippen LogP contribution is -2.50. The van der Waals surface area contributed by atoms with Crippen LogP contribution in [-0.4, -0.2) is 54.7 Å². The van der Waals surface area contributed by atoms with E-state index >= 15 is 0 Å². The van der Waals surface area contributed by atoms with E-state index in [4.69, 9.17) is 23.2 Å². The maximum atomic E-state index is 13.0. The van der Waals surface area contributed by atoms with Gasteiger partial charge in [-0.15, -0.1) is 0 Å². The third kappa shape index (κ3) is 3.60. The molecule has 2 aromatic carbocycles. The van der Waals surface area contributed by atoms with Gasteiger partial charge in [0.25, 0.3) is 5.91 Å². The number of benzene rings is 2. The molecule has 1 fully saturated rings. The first-order valence-electron chi connectivity index (χ1n) is 9.52.